The van der Waals surface area contributed by atoms with Gasteiger partial charge in [-0.1, -0.05) is 39.0 Å². The van der Waals surface area contributed by atoms with Gasteiger partial charge in [-0.05, 0) is 6.42 Å². The molecule has 1 unspecified atom stereocenters. The maximum atomic E-state index is 10.7. The zero-order chi connectivity index (χ0) is 11.7. The monoisotopic (exact) mass is 215 g/mol. The second-order valence-electron chi connectivity index (χ2n) is 3.79. The van der Waals surface area contributed by atoms with Crippen molar-refractivity contribution in [1.82, 2.24) is 5.32 Å². The maximum absolute atomic E-state index is 10.7. The molecule has 0 saturated heterocycles. The Kier molecular flexibility index (Phi) is 7.68. The third-order valence-electron chi connectivity index (χ3n) is 2.27. The molecular formula is C11H21NO3. The van der Waals surface area contributed by atoms with Crippen LogP contribution in [0, 0.1) is 0 Å². The van der Waals surface area contributed by atoms with Crippen LogP contribution in [0.2, 0.25) is 0 Å². The van der Waals surface area contributed by atoms with Gasteiger partial charge in [0.1, 0.15) is 6.04 Å². The molecule has 0 heterocycles. The lowest BCUT2D eigenvalue weighted by atomic mass is 10.1. The molecule has 0 aromatic heterocycles. The van der Waals surface area contributed by atoms with Crippen LogP contribution < -0.4 is 5.32 Å². The molecule has 0 bridgehead atoms. The number of rotatable bonds is 8. The molecule has 0 aromatic carbocycles. The van der Waals surface area contributed by atoms with Crippen LogP contribution in [0.15, 0.2) is 0 Å². The molecule has 88 valence electrons. The molecule has 0 aliphatic carbocycles. The number of aliphatic carboxylic acids is 1. The Balaban J connectivity index is 3.67. The minimum absolute atomic E-state index is 0.282. The predicted molar refractivity (Wildman–Crippen MR) is 58.6 cm³/mol. The lowest BCUT2D eigenvalue weighted by Crippen LogP contribution is -2.39. The van der Waals surface area contributed by atoms with Gasteiger partial charge in [0.05, 0.1) is 0 Å². The van der Waals surface area contributed by atoms with Gasteiger partial charge in [0.2, 0.25) is 5.91 Å². The Labute approximate surface area is 91.1 Å². The molecule has 0 aromatic rings. The van der Waals surface area contributed by atoms with Gasteiger partial charge >= 0.3 is 5.97 Å². The molecule has 0 aliphatic rings. The molecule has 0 saturated carbocycles. The number of hydrogen-bond acceptors (Lipinski definition) is 2. The Bertz CT molecular complexity index is 204. The summed E-state index contributed by atoms with van der Waals surface area (Å²) in [5.41, 5.74) is 0. The Morgan fingerprint density at radius 3 is 2.27 bits per heavy atom. The topological polar surface area (TPSA) is 66.4 Å². The zero-order valence-corrected chi connectivity index (χ0v) is 9.58. The summed E-state index contributed by atoms with van der Waals surface area (Å²) in [5, 5.41) is 11.2. The molecule has 15 heavy (non-hydrogen) atoms. The van der Waals surface area contributed by atoms with E-state index in [2.05, 4.69) is 12.2 Å². The van der Waals surface area contributed by atoms with Gasteiger partial charge in [-0.25, -0.2) is 4.79 Å². The number of carbonyl (C=O) groups excluding carboxylic acids is 1. The van der Waals surface area contributed by atoms with Crippen molar-refractivity contribution in [3.63, 3.8) is 0 Å². The molecule has 0 fully saturated rings. The van der Waals surface area contributed by atoms with Crippen molar-refractivity contribution < 1.29 is 14.7 Å². The third-order valence-corrected chi connectivity index (χ3v) is 2.27. The Morgan fingerprint density at radius 2 is 1.80 bits per heavy atom. The SMILES string of the molecule is CCCCCCCC(NC(C)=O)C(=O)O. The van der Waals surface area contributed by atoms with Crippen molar-refractivity contribution in [1.29, 1.82) is 0 Å². The number of unbranched alkanes of at least 4 members (excludes halogenated alkanes) is 4. The van der Waals surface area contributed by atoms with Crippen molar-refractivity contribution in [2.75, 3.05) is 0 Å². The molecule has 0 spiro atoms. The lowest BCUT2D eigenvalue weighted by molar-refractivity contribution is -0.141. The van der Waals surface area contributed by atoms with E-state index in [-0.39, 0.29) is 5.91 Å². The second kappa shape index (κ2) is 8.26. The van der Waals surface area contributed by atoms with Crippen LogP contribution >= 0.6 is 0 Å². The van der Waals surface area contributed by atoms with E-state index < -0.39 is 12.0 Å². The van der Waals surface area contributed by atoms with E-state index in [0.717, 1.165) is 19.3 Å². The van der Waals surface area contributed by atoms with Crippen molar-refractivity contribution in [3.8, 4) is 0 Å². The average Bonchev–Trinajstić information content (AvgIpc) is 2.15. The fourth-order valence-corrected chi connectivity index (χ4v) is 1.45. The standard InChI is InChI=1S/C11H21NO3/c1-3-4-5-6-7-8-10(11(14)15)12-9(2)13/h10H,3-8H2,1-2H3,(H,12,13)(H,14,15). The number of carboxylic acid groups (broad SMARTS) is 1. The molecule has 1 atom stereocenters. The highest BCUT2D eigenvalue weighted by atomic mass is 16.4. The van der Waals surface area contributed by atoms with E-state index in [4.69, 9.17) is 5.11 Å². The average molecular weight is 215 g/mol. The number of carboxylic acids is 1. The number of amides is 1. The third kappa shape index (κ3) is 7.97. The predicted octanol–water partition coefficient (Wildman–Crippen LogP) is 1.94. The highest BCUT2D eigenvalue weighted by Gasteiger charge is 2.16. The summed E-state index contributed by atoms with van der Waals surface area (Å²) in [6.45, 7) is 3.48. The smallest absolute Gasteiger partial charge is 0.326 e. The lowest BCUT2D eigenvalue weighted by Gasteiger charge is -2.12. The molecule has 0 aliphatic heterocycles. The quantitative estimate of drug-likeness (QED) is 0.608. The summed E-state index contributed by atoms with van der Waals surface area (Å²) < 4.78 is 0. The summed E-state index contributed by atoms with van der Waals surface area (Å²) in [6.07, 6.45) is 5.93. The first-order chi connectivity index (χ1) is 7.07. The van der Waals surface area contributed by atoms with Gasteiger partial charge in [-0.2, -0.15) is 0 Å². The Morgan fingerprint density at radius 1 is 1.20 bits per heavy atom. The van der Waals surface area contributed by atoms with E-state index in [1.54, 1.807) is 0 Å². The Hall–Kier alpha value is -1.06. The van der Waals surface area contributed by atoms with Crippen LogP contribution in [0.4, 0.5) is 0 Å². The van der Waals surface area contributed by atoms with Crippen molar-refractivity contribution >= 4 is 11.9 Å². The van der Waals surface area contributed by atoms with Crippen molar-refractivity contribution in [3.05, 3.63) is 0 Å². The van der Waals surface area contributed by atoms with E-state index in [9.17, 15) is 9.59 Å². The highest BCUT2D eigenvalue weighted by Crippen LogP contribution is 2.07. The first kappa shape index (κ1) is 13.9. The van der Waals surface area contributed by atoms with Crippen LogP contribution in [0.3, 0.4) is 0 Å². The minimum atomic E-state index is -0.944. The van der Waals surface area contributed by atoms with Gasteiger partial charge in [-0.15, -0.1) is 0 Å². The van der Waals surface area contributed by atoms with Gasteiger partial charge in [0, 0.05) is 6.92 Å². The fourth-order valence-electron chi connectivity index (χ4n) is 1.45. The second-order valence-corrected chi connectivity index (χ2v) is 3.79. The summed E-state index contributed by atoms with van der Waals surface area (Å²) in [7, 11) is 0. The molecule has 0 radical (unpaired) electrons. The fraction of sp³-hybridized carbons (Fsp3) is 0.818. The van der Waals surface area contributed by atoms with Crippen LogP contribution in [0.25, 0.3) is 0 Å². The molecule has 4 nitrogen and oxygen atoms in total. The highest BCUT2D eigenvalue weighted by molar-refractivity contribution is 5.81. The van der Waals surface area contributed by atoms with E-state index in [1.807, 2.05) is 0 Å². The van der Waals surface area contributed by atoms with Crippen molar-refractivity contribution in [2.24, 2.45) is 0 Å². The summed E-state index contributed by atoms with van der Waals surface area (Å²) in [6, 6.07) is -0.718. The number of hydrogen-bond donors (Lipinski definition) is 2. The molecular weight excluding hydrogens is 194 g/mol. The number of nitrogens with one attached hydrogen (secondary N) is 1. The summed E-state index contributed by atoms with van der Waals surface area (Å²) >= 11 is 0. The zero-order valence-electron chi connectivity index (χ0n) is 9.58. The van der Waals surface area contributed by atoms with Crippen LogP contribution in [0.5, 0.6) is 0 Å². The van der Waals surface area contributed by atoms with Crippen LogP contribution in [-0.4, -0.2) is 23.0 Å². The molecule has 0 rings (SSSR count). The van der Waals surface area contributed by atoms with Gasteiger partial charge in [0.25, 0.3) is 0 Å². The minimum Gasteiger partial charge on any atom is -0.480 e. The van der Waals surface area contributed by atoms with Gasteiger partial charge < -0.3 is 10.4 Å². The first-order valence-electron chi connectivity index (χ1n) is 5.57. The molecule has 1 amide bonds. The van der Waals surface area contributed by atoms with E-state index >= 15 is 0 Å². The number of carbonyl (C=O) groups is 2. The van der Waals surface area contributed by atoms with Crippen molar-refractivity contribution in [2.45, 2.75) is 58.4 Å². The largest absolute Gasteiger partial charge is 0.480 e. The van der Waals surface area contributed by atoms with Gasteiger partial charge in [-0.3, -0.25) is 4.79 Å². The molecule has 2 N–H and O–H groups in total. The van der Waals surface area contributed by atoms with Crippen LogP contribution in [0.1, 0.15) is 52.4 Å². The summed E-state index contributed by atoms with van der Waals surface area (Å²) in [4.78, 5) is 21.5. The summed E-state index contributed by atoms with van der Waals surface area (Å²) in [5.74, 6) is -1.23. The van der Waals surface area contributed by atoms with E-state index in [0.29, 0.717) is 6.42 Å². The first-order valence-corrected chi connectivity index (χ1v) is 5.57. The maximum Gasteiger partial charge on any atom is 0.326 e. The van der Waals surface area contributed by atoms with Gasteiger partial charge in [0.15, 0.2) is 0 Å². The normalized spacial score (nSPS) is 12.1. The van der Waals surface area contributed by atoms with E-state index in [1.165, 1.54) is 19.8 Å². The van der Waals surface area contributed by atoms with Crippen LogP contribution in [-0.2, 0) is 9.59 Å². The molecule has 4 heteroatoms.